The Morgan fingerprint density at radius 1 is 0.757 bits per heavy atom. The minimum Gasteiger partial charge on any atom is -0.488 e. The van der Waals surface area contributed by atoms with Crippen LogP contribution in [0.15, 0.2) is 127 Å². The van der Waals surface area contributed by atoms with Crippen molar-refractivity contribution in [2.75, 3.05) is 6.61 Å². The lowest BCUT2D eigenvalue weighted by molar-refractivity contribution is 0.100. The molecule has 0 amide bonds. The third-order valence-electron chi connectivity index (χ3n) is 7.10. The van der Waals surface area contributed by atoms with Crippen molar-refractivity contribution in [3.05, 3.63) is 161 Å². The maximum absolute atomic E-state index is 13.2. The van der Waals surface area contributed by atoms with Gasteiger partial charge in [0.1, 0.15) is 17.9 Å². The third kappa shape index (κ3) is 3.78. The number of hydrogen-bond acceptors (Lipinski definition) is 3. The molecule has 0 aliphatic carbocycles. The first kappa shape index (κ1) is 22.7. The summed E-state index contributed by atoms with van der Waals surface area (Å²) in [5.74, 6) is 0.611. The van der Waals surface area contributed by atoms with Crippen LogP contribution in [0, 0.1) is 6.92 Å². The number of carbonyl (C=O) groups is 1. The van der Waals surface area contributed by atoms with Gasteiger partial charge in [0.25, 0.3) is 0 Å². The van der Waals surface area contributed by atoms with E-state index in [0.29, 0.717) is 16.9 Å². The normalized spacial score (nSPS) is 14.3. The molecule has 0 unspecified atom stereocenters. The molecule has 0 bridgehead atoms. The number of rotatable bonds is 5. The monoisotopic (exact) mass is 482 g/mol. The summed E-state index contributed by atoms with van der Waals surface area (Å²) in [5, 5.41) is 0. The molecule has 5 aromatic rings. The number of aromatic nitrogens is 2. The van der Waals surface area contributed by atoms with Gasteiger partial charge in [0.15, 0.2) is 5.78 Å². The second-order valence-corrected chi connectivity index (χ2v) is 9.18. The summed E-state index contributed by atoms with van der Waals surface area (Å²) in [6.45, 7) is 2.29. The first-order chi connectivity index (χ1) is 18.2. The number of nitrogens with zero attached hydrogens (tertiary/aromatic N) is 2. The number of ketones is 1. The molecule has 4 aromatic carbocycles. The van der Waals surface area contributed by atoms with Crippen LogP contribution in [0.4, 0.5) is 0 Å². The van der Waals surface area contributed by atoms with E-state index in [2.05, 4.69) is 84.3 Å². The molecule has 4 nitrogen and oxygen atoms in total. The number of para-hydroxylation sites is 1. The molecule has 0 saturated carbocycles. The number of imidazole rings is 1. The summed E-state index contributed by atoms with van der Waals surface area (Å²) >= 11 is 0. The average molecular weight is 483 g/mol. The van der Waals surface area contributed by atoms with Crippen molar-refractivity contribution in [1.29, 1.82) is 0 Å². The number of Topliss-reactive ketones (excluding diaryl/α,β-unsaturated/α-hetero) is 1. The van der Waals surface area contributed by atoms with Crippen LogP contribution in [-0.2, 0) is 5.54 Å². The van der Waals surface area contributed by atoms with Crippen LogP contribution in [0.5, 0.6) is 5.75 Å². The van der Waals surface area contributed by atoms with Gasteiger partial charge >= 0.3 is 0 Å². The average Bonchev–Trinajstić information content (AvgIpc) is 3.32. The number of benzene rings is 4. The van der Waals surface area contributed by atoms with Crippen molar-refractivity contribution in [2.24, 2.45) is 0 Å². The Hall–Kier alpha value is -4.70. The highest BCUT2D eigenvalue weighted by atomic mass is 16.5. The summed E-state index contributed by atoms with van der Waals surface area (Å²) in [5.41, 5.74) is 5.60. The fraction of sp³-hybridized carbons (Fsp3) is 0.0909. The molecule has 0 atom stereocenters. The highest BCUT2D eigenvalue weighted by Gasteiger charge is 2.39. The zero-order valence-corrected chi connectivity index (χ0v) is 20.5. The van der Waals surface area contributed by atoms with E-state index in [-0.39, 0.29) is 12.4 Å². The van der Waals surface area contributed by atoms with E-state index in [4.69, 9.17) is 9.72 Å². The summed E-state index contributed by atoms with van der Waals surface area (Å²) < 4.78 is 8.10. The predicted octanol–water partition coefficient (Wildman–Crippen LogP) is 6.69. The number of carbonyl (C=O) groups excluding carboxylic acids is 1. The topological polar surface area (TPSA) is 44.1 Å². The lowest BCUT2D eigenvalue weighted by Gasteiger charge is -2.38. The molecule has 0 radical (unpaired) electrons. The third-order valence-corrected chi connectivity index (χ3v) is 7.10. The Bertz CT molecular complexity index is 1490. The zero-order valence-electron chi connectivity index (χ0n) is 20.5. The molecule has 0 spiro atoms. The lowest BCUT2D eigenvalue weighted by atomic mass is 9.76. The smallest absolute Gasteiger partial charge is 0.196 e. The highest BCUT2D eigenvalue weighted by molar-refractivity contribution is 6.14. The first-order valence-electron chi connectivity index (χ1n) is 12.4. The standard InChI is InChI=1S/C33H26N2O2/c1-24-30(21-25-22-37-31-20-12-11-19-29(31)32(25)36)34-23-35(24)33(26-13-5-2-6-14-26,27-15-7-3-8-16-27)28-17-9-4-10-18-28/h2-21,23H,22H2,1H3. The Morgan fingerprint density at radius 2 is 1.27 bits per heavy atom. The van der Waals surface area contributed by atoms with Crippen LogP contribution in [0.1, 0.15) is 38.4 Å². The van der Waals surface area contributed by atoms with Gasteiger partial charge < -0.3 is 9.30 Å². The minimum atomic E-state index is -0.655. The summed E-state index contributed by atoms with van der Waals surface area (Å²) in [6, 6.07) is 38.9. The SMILES string of the molecule is Cc1c(C=C2COc3ccccc3C2=O)ncn1C(c1ccccc1)(c1ccccc1)c1ccccc1. The molecule has 37 heavy (non-hydrogen) atoms. The molecule has 2 heterocycles. The van der Waals surface area contributed by atoms with E-state index in [1.165, 1.54) is 0 Å². The number of ether oxygens (including phenoxy) is 1. The zero-order chi connectivity index (χ0) is 25.2. The van der Waals surface area contributed by atoms with Crippen LogP contribution in [-0.4, -0.2) is 21.9 Å². The van der Waals surface area contributed by atoms with E-state index in [1.807, 2.05) is 48.8 Å². The summed E-state index contributed by atoms with van der Waals surface area (Å²) in [6.07, 6.45) is 3.76. The summed E-state index contributed by atoms with van der Waals surface area (Å²) in [7, 11) is 0. The molecule has 180 valence electrons. The molecular weight excluding hydrogens is 456 g/mol. The Kier molecular flexibility index (Phi) is 5.78. The fourth-order valence-electron chi connectivity index (χ4n) is 5.30. The van der Waals surface area contributed by atoms with Gasteiger partial charge in [0, 0.05) is 11.3 Å². The van der Waals surface area contributed by atoms with Crippen molar-refractivity contribution in [3.8, 4) is 5.75 Å². The molecule has 0 fully saturated rings. The predicted molar refractivity (Wildman–Crippen MR) is 146 cm³/mol. The van der Waals surface area contributed by atoms with Gasteiger partial charge in [-0.25, -0.2) is 4.98 Å². The van der Waals surface area contributed by atoms with Gasteiger partial charge in [-0.3, -0.25) is 4.79 Å². The van der Waals surface area contributed by atoms with Gasteiger partial charge in [-0.1, -0.05) is 103 Å². The van der Waals surface area contributed by atoms with Crippen LogP contribution in [0.2, 0.25) is 0 Å². The molecule has 0 N–H and O–H groups in total. The van der Waals surface area contributed by atoms with Crippen molar-refractivity contribution in [1.82, 2.24) is 9.55 Å². The lowest BCUT2D eigenvalue weighted by Crippen LogP contribution is -2.38. The van der Waals surface area contributed by atoms with Gasteiger partial charge in [-0.2, -0.15) is 0 Å². The molecule has 1 aliphatic heterocycles. The van der Waals surface area contributed by atoms with E-state index in [9.17, 15) is 4.79 Å². The maximum Gasteiger partial charge on any atom is 0.196 e. The van der Waals surface area contributed by atoms with Crippen LogP contribution >= 0.6 is 0 Å². The Morgan fingerprint density at radius 3 is 1.84 bits per heavy atom. The van der Waals surface area contributed by atoms with Crippen molar-refractivity contribution >= 4 is 11.9 Å². The maximum atomic E-state index is 13.2. The highest BCUT2D eigenvalue weighted by Crippen LogP contribution is 2.42. The van der Waals surface area contributed by atoms with Gasteiger partial charge in [0.05, 0.1) is 17.6 Å². The van der Waals surface area contributed by atoms with E-state index in [0.717, 1.165) is 28.1 Å². The molecule has 1 aliphatic rings. The molecule has 4 heteroatoms. The van der Waals surface area contributed by atoms with Gasteiger partial charge in [-0.05, 0) is 41.8 Å². The van der Waals surface area contributed by atoms with E-state index in [1.54, 1.807) is 6.07 Å². The largest absolute Gasteiger partial charge is 0.488 e. The molecule has 1 aromatic heterocycles. The fourth-order valence-corrected chi connectivity index (χ4v) is 5.30. The minimum absolute atomic E-state index is 0.0174. The Balaban J connectivity index is 1.56. The summed E-state index contributed by atoms with van der Waals surface area (Å²) in [4.78, 5) is 18.0. The first-order valence-corrected chi connectivity index (χ1v) is 12.4. The van der Waals surface area contributed by atoms with Gasteiger partial charge in [0.2, 0.25) is 0 Å². The van der Waals surface area contributed by atoms with Crippen LogP contribution < -0.4 is 4.74 Å². The van der Waals surface area contributed by atoms with E-state index < -0.39 is 5.54 Å². The Labute approximate surface area is 216 Å². The van der Waals surface area contributed by atoms with Crippen molar-refractivity contribution in [3.63, 3.8) is 0 Å². The molecule has 0 saturated heterocycles. The number of hydrogen-bond donors (Lipinski definition) is 0. The quantitative estimate of drug-likeness (QED) is 0.207. The van der Waals surface area contributed by atoms with Crippen molar-refractivity contribution < 1.29 is 9.53 Å². The molecule has 6 rings (SSSR count). The second-order valence-electron chi connectivity index (χ2n) is 9.18. The van der Waals surface area contributed by atoms with Gasteiger partial charge in [-0.15, -0.1) is 0 Å². The van der Waals surface area contributed by atoms with Crippen molar-refractivity contribution in [2.45, 2.75) is 12.5 Å². The van der Waals surface area contributed by atoms with Crippen LogP contribution in [0.3, 0.4) is 0 Å². The number of fused-ring (bicyclic) bond motifs is 1. The van der Waals surface area contributed by atoms with E-state index >= 15 is 0 Å². The second kappa shape index (κ2) is 9.40. The molecular formula is C33H26N2O2. The van der Waals surface area contributed by atoms with Crippen LogP contribution in [0.25, 0.3) is 6.08 Å².